The van der Waals surface area contributed by atoms with Gasteiger partial charge in [0.1, 0.15) is 10.8 Å². The lowest BCUT2D eigenvalue weighted by Gasteiger charge is -2.31. The van der Waals surface area contributed by atoms with Gasteiger partial charge in [0.15, 0.2) is 0 Å². The SMILES string of the molecule is CC(C)CC(=O)N1CCC(c2nnc(C(=O)Nc3ccccc3F)s2)CC1. The predicted octanol–water partition coefficient (Wildman–Crippen LogP) is 3.68. The maximum atomic E-state index is 13.7. The lowest BCUT2D eigenvalue weighted by Crippen LogP contribution is -2.38. The number of amides is 2. The number of rotatable bonds is 5. The van der Waals surface area contributed by atoms with Gasteiger partial charge in [0.05, 0.1) is 5.69 Å². The lowest BCUT2D eigenvalue weighted by atomic mass is 9.97. The van der Waals surface area contributed by atoms with Gasteiger partial charge >= 0.3 is 0 Å². The molecule has 2 amide bonds. The van der Waals surface area contributed by atoms with Gasteiger partial charge in [0, 0.05) is 25.4 Å². The van der Waals surface area contributed by atoms with Crippen molar-refractivity contribution >= 4 is 28.8 Å². The highest BCUT2D eigenvalue weighted by Crippen LogP contribution is 2.30. The van der Waals surface area contributed by atoms with Crippen LogP contribution in [0.25, 0.3) is 0 Å². The summed E-state index contributed by atoms with van der Waals surface area (Å²) in [5.41, 5.74) is 0.122. The number of likely N-dealkylation sites (tertiary alicyclic amines) is 1. The van der Waals surface area contributed by atoms with E-state index in [0.29, 0.717) is 25.4 Å². The van der Waals surface area contributed by atoms with E-state index in [1.54, 1.807) is 12.1 Å². The molecule has 0 spiro atoms. The molecule has 1 aromatic heterocycles. The summed E-state index contributed by atoms with van der Waals surface area (Å²) in [5.74, 6) is -0.206. The average Bonchev–Trinajstić information content (AvgIpc) is 3.13. The van der Waals surface area contributed by atoms with Crippen molar-refractivity contribution in [2.75, 3.05) is 18.4 Å². The van der Waals surface area contributed by atoms with E-state index >= 15 is 0 Å². The van der Waals surface area contributed by atoms with Gasteiger partial charge in [-0.2, -0.15) is 0 Å². The van der Waals surface area contributed by atoms with Crippen molar-refractivity contribution < 1.29 is 14.0 Å². The molecule has 1 aromatic carbocycles. The number of carbonyl (C=O) groups is 2. The first-order valence-electron chi connectivity index (χ1n) is 9.11. The number of anilines is 1. The summed E-state index contributed by atoms with van der Waals surface area (Å²) < 4.78 is 13.7. The van der Waals surface area contributed by atoms with E-state index in [4.69, 9.17) is 0 Å². The van der Waals surface area contributed by atoms with Crippen LogP contribution >= 0.6 is 11.3 Å². The zero-order valence-corrected chi connectivity index (χ0v) is 16.3. The normalized spacial score (nSPS) is 15.2. The largest absolute Gasteiger partial charge is 0.343 e. The van der Waals surface area contributed by atoms with Crippen LogP contribution in [0.5, 0.6) is 0 Å². The summed E-state index contributed by atoms with van der Waals surface area (Å²) in [5, 5.41) is 11.7. The molecule has 1 fully saturated rings. The molecule has 0 atom stereocenters. The molecule has 1 N–H and O–H groups in total. The van der Waals surface area contributed by atoms with Crippen LogP contribution in [0.1, 0.15) is 53.8 Å². The number of carbonyl (C=O) groups excluding carboxylic acids is 2. The summed E-state index contributed by atoms with van der Waals surface area (Å²) >= 11 is 1.23. The topological polar surface area (TPSA) is 75.2 Å². The summed E-state index contributed by atoms with van der Waals surface area (Å²) in [4.78, 5) is 26.4. The number of benzene rings is 1. The van der Waals surface area contributed by atoms with Crippen LogP contribution in [0.3, 0.4) is 0 Å². The molecule has 0 unspecified atom stereocenters. The molecule has 2 heterocycles. The Labute approximate surface area is 161 Å². The first kappa shape index (κ1) is 19.4. The zero-order chi connectivity index (χ0) is 19.4. The fourth-order valence-corrected chi connectivity index (χ4v) is 3.99. The van der Waals surface area contributed by atoms with Crippen molar-refractivity contribution in [2.24, 2.45) is 5.92 Å². The van der Waals surface area contributed by atoms with E-state index in [1.165, 1.54) is 23.5 Å². The Morgan fingerprint density at radius 1 is 1.26 bits per heavy atom. The maximum Gasteiger partial charge on any atom is 0.286 e. The van der Waals surface area contributed by atoms with Crippen molar-refractivity contribution in [2.45, 2.75) is 39.0 Å². The molecular formula is C19H23FN4O2S. The first-order valence-corrected chi connectivity index (χ1v) is 9.92. The number of hydrogen-bond acceptors (Lipinski definition) is 5. The van der Waals surface area contributed by atoms with Crippen LogP contribution in [0.2, 0.25) is 0 Å². The molecule has 8 heteroatoms. The Balaban J connectivity index is 1.58. The van der Waals surface area contributed by atoms with Crippen molar-refractivity contribution in [1.29, 1.82) is 0 Å². The molecule has 0 saturated carbocycles. The fraction of sp³-hybridized carbons (Fsp3) is 0.474. The Morgan fingerprint density at radius 3 is 2.63 bits per heavy atom. The Bertz CT molecular complexity index is 816. The molecule has 144 valence electrons. The van der Waals surface area contributed by atoms with Gasteiger partial charge < -0.3 is 10.2 Å². The van der Waals surface area contributed by atoms with Gasteiger partial charge in [0.2, 0.25) is 10.9 Å². The van der Waals surface area contributed by atoms with E-state index in [2.05, 4.69) is 15.5 Å². The smallest absolute Gasteiger partial charge is 0.286 e. The minimum absolute atomic E-state index is 0.122. The minimum Gasteiger partial charge on any atom is -0.343 e. The first-order chi connectivity index (χ1) is 12.9. The summed E-state index contributed by atoms with van der Waals surface area (Å²) in [6, 6.07) is 6.00. The van der Waals surface area contributed by atoms with Gasteiger partial charge in [-0.25, -0.2) is 4.39 Å². The van der Waals surface area contributed by atoms with E-state index in [0.717, 1.165) is 17.8 Å². The van der Waals surface area contributed by atoms with E-state index in [1.807, 2.05) is 18.7 Å². The summed E-state index contributed by atoms with van der Waals surface area (Å²) in [6.45, 7) is 5.48. The van der Waals surface area contributed by atoms with Gasteiger partial charge in [-0.3, -0.25) is 9.59 Å². The molecule has 0 aliphatic carbocycles. The number of para-hydroxylation sites is 1. The number of halogens is 1. The van der Waals surface area contributed by atoms with Gasteiger partial charge in [0.25, 0.3) is 5.91 Å². The van der Waals surface area contributed by atoms with Crippen LogP contribution in [-0.4, -0.2) is 40.0 Å². The monoisotopic (exact) mass is 390 g/mol. The van der Waals surface area contributed by atoms with Crippen LogP contribution in [0.15, 0.2) is 24.3 Å². The molecule has 3 rings (SSSR count). The van der Waals surface area contributed by atoms with Crippen molar-refractivity contribution in [3.05, 3.63) is 40.1 Å². The summed E-state index contributed by atoms with van der Waals surface area (Å²) in [6.07, 6.45) is 2.20. The van der Waals surface area contributed by atoms with Crippen molar-refractivity contribution in [3.63, 3.8) is 0 Å². The van der Waals surface area contributed by atoms with Crippen LogP contribution in [0, 0.1) is 11.7 Å². The number of aromatic nitrogens is 2. The number of nitrogens with zero attached hydrogens (tertiary/aromatic N) is 3. The third-order valence-corrected chi connectivity index (χ3v) is 5.62. The van der Waals surface area contributed by atoms with E-state index in [-0.39, 0.29) is 22.5 Å². The number of piperidine rings is 1. The third kappa shape index (κ3) is 4.88. The molecule has 1 saturated heterocycles. The Hall–Kier alpha value is -2.35. The zero-order valence-electron chi connectivity index (χ0n) is 15.4. The van der Waals surface area contributed by atoms with Gasteiger partial charge in [-0.15, -0.1) is 10.2 Å². The maximum absolute atomic E-state index is 13.7. The molecule has 27 heavy (non-hydrogen) atoms. The van der Waals surface area contributed by atoms with Crippen LogP contribution in [0.4, 0.5) is 10.1 Å². The highest BCUT2D eigenvalue weighted by atomic mass is 32.1. The van der Waals surface area contributed by atoms with Gasteiger partial charge in [-0.05, 0) is 30.9 Å². The molecule has 1 aliphatic heterocycles. The average molecular weight is 390 g/mol. The standard InChI is InChI=1S/C19H23FN4O2S/c1-12(2)11-16(25)24-9-7-13(8-10-24)18-22-23-19(27-18)17(26)21-15-6-4-3-5-14(15)20/h3-6,12-13H,7-11H2,1-2H3,(H,21,26). The van der Waals surface area contributed by atoms with Crippen LogP contribution < -0.4 is 5.32 Å². The molecule has 2 aromatic rings. The quantitative estimate of drug-likeness (QED) is 0.845. The van der Waals surface area contributed by atoms with Crippen LogP contribution in [-0.2, 0) is 4.79 Å². The van der Waals surface area contributed by atoms with Crippen molar-refractivity contribution in [1.82, 2.24) is 15.1 Å². The highest BCUT2D eigenvalue weighted by Gasteiger charge is 2.27. The molecular weight excluding hydrogens is 367 g/mol. The molecule has 1 aliphatic rings. The highest BCUT2D eigenvalue weighted by molar-refractivity contribution is 7.13. The summed E-state index contributed by atoms with van der Waals surface area (Å²) in [7, 11) is 0. The second-order valence-corrected chi connectivity index (χ2v) is 8.14. The minimum atomic E-state index is -0.492. The second kappa shape index (κ2) is 8.56. The third-order valence-electron chi connectivity index (χ3n) is 4.54. The molecule has 6 nitrogen and oxygen atoms in total. The van der Waals surface area contributed by atoms with E-state index in [9.17, 15) is 14.0 Å². The molecule has 0 radical (unpaired) electrons. The Morgan fingerprint density at radius 2 is 1.96 bits per heavy atom. The second-order valence-electron chi connectivity index (χ2n) is 7.13. The fourth-order valence-electron chi connectivity index (χ4n) is 3.08. The predicted molar refractivity (Wildman–Crippen MR) is 102 cm³/mol. The van der Waals surface area contributed by atoms with E-state index < -0.39 is 11.7 Å². The van der Waals surface area contributed by atoms with Crippen molar-refractivity contribution in [3.8, 4) is 0 Å². The molecule has 0 bridgehead atoms. The van der Waals surface area contributed by atoms with Gasteiger partial charge in [-0.1, -0.05) is 37.3 Å². The Kier molecular flexibility index (Phi) is 6.15. The number of nitrogens with one attached hydrogen (secondary N) is 1. The number of hydrogen-bond donors (Lipinski definition) is 1. The lowest BCUT2D eigenvalue weighted by molar-refractivity contribution is -0.133.